The second-order valence-corrected chi connectivity index (χ2v) is 12.1. The van der Waals surface area contributed by atoms with Gasteiger partial charge in [-0.2, -0.15) is 0 Å². The number of aromatic nitrogens is 1. The lowest BCUT2D eigenvalue weighted by Crippen LogP contribution is -2.52. The molecule has 13 heteroatoms. The number of urea groups is 1. The van der Waals surface area contributed by atoms with E-state index in [9.17, 15) is 19.2 Å². The molecule has 5 rings (SSSR count). The van der Waals surface area contributed by atoms with Crippen LogP contribution in [-0.2, 0) is 21.7 Å². The molecule has 0 aliphatic carbocycles. The van der Waals surface area contributed by atoms with Gasteiger partial charge in [0.25, 0.3) is 5.91 Å². The summed E-state index contributed by atoms with van der Waals surface area (Å²) in [6, 6.07) is 4.85. The molecular weight excluding hydrogens is 565 g/mol. The number of rotatable bonds is 8. The Bertz CT molecular complexity index is 1610. The van der Waals surface area contributed by atoms with Gasteiger partial charge in [-0.05, 0) is 43.9 Å². The second-order valence-electron chi connectivity index (χ2n) is 11.1. The van der Waals surface area contributed by atoms with Crippen LogP contribution in [0.4, 0.5) is 14.9 Å². The van der Waals surface area contributed by atoms with Crippen LogP contribution in [0.5, 0.6) is 11.5 Å². The molecule has 2 aliphatic heterocycles. The van der Waals surface area contributed by atoms with Gasteiger partial charge in [-0.1, -0.05) is 13.8 Å². The number of imide groups is 1. The third-order valence-corrected chi connectivity index (χ3v) is 8.73. The van der Waals surface area contributed by atoms with Crippen molar-refractivity contribution in [1.82, 2.24) is 20.5 Å². The highest BCUT2D eigenvalue weighted by Crippen LogP contribution is 2.40. The highest BCUT2D eigenvalue weighted by Gasteiger charge is 2.41. The molecular formula is C29H32FN5O6S. The summed E-state index contributed by atoms with van der Waals surface area (Å²) in [5.41, 5.74) is -0.171. The fourth-order valence-electron chi connectivity index (χ4n) is 5.60. The van der Waals surface area contributed by atoms with E-state index in [-0.39, 0.29) is 42.1 Å². The molecule has 2 aliphatic rings. The number of benzene rings is 2. The SMILES string of the molecule is COc1cc(OC)c2nc([C@](C)(CC(C)C)NC(=O)Nc3ccc4c(c3F)CN(C3CCC(=O)NC3=O)C4=O)sc2c1. The molecule has 1 saturated heterocycles. The minimum atomic E-state index is -0.911. The van der Waals surface area contributed by atoms with E-state index in [0.29, 0.717) is 28.4 Å². The van der Waals surface area contributed by atoms with Crippen molar-refractivity contribution in [3.05, 3.63) is 46.2 Å². The molecule has 0 radical (unpaired) electrons. The number of thiazole rings is 1. The predicted molar refractivity (Wildman–Crippen MR) is 154 cm³/mol. The average Bonchev–Trinajstić information content (AvgIpc) is 3.51. The van der Waals surface area contributed by atoms with Gasteiger partial charge in [-0.3, -0.25) is 19.7 Å². The monoisotopic (exact) mass is 597 g/mol. The molecule has 3 N–H and O–H groups in total. The zero-order valence-corrected chi connectivity index (χ0v) is 24.7. The van der Waals surface area contributed by atoms with Crippen molar-refractivity contribution < 1.29 is 33.0 Å². The third-order valence-electron chi connectivity index (χ3n) is 7.46. The van der Waals surface area contributed by atoms with E-state index in [1.807, 2.05) is 26.8 Å². The second kappa shape index (κ2) is 11.2. The van der Waals surface area contributed by atoms with Crippen molar-refractivity contribution in [3.63, 3.8) is 0 Å². The molecule has 3 heterocycles. The van der Waals surface area contributed by atoms with Crippen molar-refractivity contribution >= 4 is 51.0 Å². The van der Waals surface area contributed by atoms with E-state index < -0.39 is 41.2 Å². The number of halogens is 1. The maximum Gasteiger partial charge on any atom is 0.320 e. The van der Waals surface area contributed by atoms with Crippen LogP contribution in [-0.4, -0.2) is 53.9 Å². The lowest BCUT2D eigenvalue weighted by molar-refractivity contribution is -0.136. The topological polar surface area (TPSA) is 139 Å². The predicted octanol–water partition coefficient (Wildman–Crippen LogP) is 4.30. The van der Waals surface area contributed by atoms with Crippen molar-refractivity contribution in [2.45, 2.75) is 58.2 Å². The Morgan fingerprint density at radius 2 is 2.00 bits per heavy atom. The van der Waals surface area contributed by atoms with Crippen molar-refractivity contribution in [3.8, 4) is 11.5 Å². The number of carbonyl (C=O) groups is 4. The number of fused-ring (bicyclic) bond motifs is 2. The van der Waals surface area contributed by atoms with Crippen LogP contribution in [0.15, 0.2) is 24.3 Å². The zero-order chi connectivity index (χ0) is 30.3. The highest BCUT2D eigenvalue weighted by molar-refractivity contribution is 7.18. The highest BCUT2D eigenvalue weighted by atomic mass is 32.1. The maximum absolute atomic E-state index is 15.7. The molecule has 1 fully saturated rings. The molecule has 0 bridgehead atoms. The molecule has 42 heavy (non-hydrogen) atoms. The summed E-state index contributed by atoms with van der Waals surface area (Å²) in [7, 11) is 3.12. The van der Waals surface area contributed by atoms with Gasteiger partial charge < -0.3 is 25.0 Å². The number of amides is 5. The lowest BCUT2D eigenvalue weighted by Gasteiger charge is -2.30. The summed E-state index contributed by atoms with van der Waals surface area (Å²) >= 11 is 1.40. The van der Waals surface area contributed by atoms with Crippen LogP contribution in [0.25, 0.3) is 10.2 Å². The van der Waals surface area contributed by atoms with Crippen molar-refractivity contribution in [1.29, 1.82) is 0 Å². The first kappa shape index (κ1) is 29.2. The number of nitrogens with zero attached hydrogens (tertiary/aromatic N) is 2. The van der Waals surface area contributed by atoms with Crippen LogP contribution in [0.1, 0.15) is 61.0 Å². The van der Waals surface area contributed by atoms with Crippen LogP contribution in [0.2, 0.25) is 0 Å². The Hall–Kier alpha value is -4.26. The van der Waals surface area contributed by atoms with Gasteiger partial charge in [0.05, 0.1) is 36.7 Å². The van der Waals surface area contributed by atoms with Crippen LogP contribution < -0.4 is 25.4 Å². The van der Waals surface area contributed by atoms with Crippen LogP contribution in [0, 0.1) is 11.7 Å². The van der Waals surface area contributed by atoms with Crippen LogP contribution in [0.3, 0.4) is 0 Å². The minimum absolute atomic E-state index is 0.0830. The molecule has 1 unspecified atom stereocenters. The molecule has 1 aromatic heterocycles. The molecule has 2 aromatic carbocycles. The summed E-state index contributed by atoms with van der Waals surface area (Å²) in [6.07, 6.45) is 0.802. The van der Waals surface area contributed by atoms with E-state index >= 15 is 4.39 Å². The fraction of sp³-hybridized carbons (Fsp3) is 0.414. The summed E-state index contributed by atoms with van der Waals surface area (Å²) in [4.78, 5) is 56.2. The number of hydrogen-bond acceptors (Lipinski definition) is 8. The Kier molecular flexibility index (Phi) is 7.80. The van der Waals surface area contributed by atoms with Gasteiger partial charge in [-0.15, -0.1) is 11.3 Å². The molecule has 11 nitrogen and oxygen atoms in total. The average molecular weight is 598 g/mol. The quantitative estimate of drug-likeness (QED) is 0.329. The molecule has 222 valence electrons. The standard InChI is InChI=1S/C29H32FN5O6S/c1-14(2)12-29(3,27-33-24-20(41-5)10-15(40-4)11-21(24)42-27)34-28(39)31-18-7-6-16-17(23(18)30)13-35(26(16)38)19-8-9-22(36)32-25(19)37/h6-7,10-11,14,19H,8-9,12-13H2,1-5H3,(H2,31,34,39)(H,32,36,37)/t19?,29-/m0/s1. The smallest absolute Gasteiger partial charge is 0.320 e. The number of carbonyl (C=O) groups excluding carboxylic acids is 4. The van der Waals surface area contributed by atoms with Gasteiger partial charge >= 0.3 is 6.03 Å². The van der Waals surface area contributed by atoms with Gasteiger partial charge in [0, 0.05) is 23.6 Å². The van der Waals surface area contributed by atoms with Gasteiger partial charge in [0.15, 0.2) is 5.82 Å². The Morgan fingerprint density at radius 1 is 1.24 bits per heavy atom. The summed E-state index contributed by atoms with van der Waals surface area (Å²) in [5.74, 6) is -0.897. The molecule has 2 atom stereocenters. The number of nitrogens with one attached hydrogen (secondary N) is 3. The fourth-order valence-corrected chi connectivity index (χ4v) is 6.72. The van der Waals surface area contributed by atoms with E-state index in [1.54, 1.807) is 20.3 Å². The first-order valence-electron chi connectivity index (χ1n) is 13.5. The Labute approximate surface area is 245 Å². The molecule has 0 spiro atoms. The summed E-state index contributed by atoms with van der Waals surface area (Å²) < 4.78 is 27.4. The summed E-state index contributed by atoms with van der Waals surface area (Å²) in [5, 5.41) is 8.45. The molecule has 3 aromatic rings. The van der Waals surface area contributed by atoms with Crippen LogP contribution >= 0.6 is 11.3 Å². The van der Waals surface area contributed by atoms with E-state index in [2.05, 4.69) is 16.0 Å². The number of hydrogen-bond donors (Lipinski definition) is 3. The number of methoxy groups -OCH3 is 2. The lowest BCUT2D eigenvalue weighted by atomic mass is 9.91. The number of piperidine rings is 1. The number of ether oxygens (including phenoxy) is 2. The van der Waals surface area contributed by atoms with Crippen molar-refractivity contribution in [2.75, 3.05) is 19.5 Å². The van der Waals surface area contributed by atoms with Gasteiger partial charge in [0.2, 0.25) is 11.8 Å². The first-order valence-corrected chi connectivity index (χ1v) is 14.3. The molecule has 5 amide bonds. The summed E-state index contributed by atoms with van der Waals surface area (Å²) in [6.45, 7) is 5.77. The minimum Gasteiger partial charge on any atom is -0.497 e. The van der Waals surface area contributed by atoms with Crippen molar-refractivity contribution in [2.24, 2.45) is 5.92 Å². The largest absolute Gasteiger partial charge is 0.497 e. The first-order chi connectivity index (χ1) is 19.9. The number of anilines is 1. The van der Waals surface area contributed by atoms with Gasteiger partial charge in [0.1, 0.15) is 28.1 Å². The zero-order valence-electron chi connectivity index (χ0n) is 23.9. The third kappa shape index (κ3) is 5.36. The van der Waals surface area contributed by atoms with E-state index in [4.69, 9.17) is 14.5 Å². The maximum atomic E-state index is 15.7. The van der Waals surface area contributed by atoms with Gasteiger partial charge in [-0.25, -0.2) is 14.2 Å². The normalized spacial score (nSPS) is 18.1. The molecule has 0 saturated carbocycles. The van der Waals surface area contributed by atoms with E-state index in [1.165, 1.54) is 28.4 Å². The van der Waals surface area contributed by atoms with E-state index in [0.717, 1.165) is 4.70 Å². The Balaban J connectivity index is 1.38. The Morgan fingerprint density at radius 3 is 2.67 bits per heavy atom.